The Kier molecular flexibility index (Phi) is 2.40. The molecule has 0 fully saturated rings. The third-order valence-corrected chi connectivity index (χ3v) is 2.20. The van der Waals surface area contributed by atoms with E-state index in [9.17, 15) is 14.9 Å². The summed E-state index contributed by atoms with van der Waals surface area (Å²) in [6.07, 6.45) is 3.37. The minimum absolute atomic E-state index is 0.0500. The van der Waals surface area contributed by atoms with Crippen LogP contribution in [0.4, 0.5) is 5.82 Å². The molecule has 0 spiro atoms. The number of carbonyl (C=O) groups is 1. The Morgan fingerprint density at radius 3 is 2.94 bits per heavy atom. The van der Waals surface area contributed by atoms with Gasteiger partial charge in [0.1, 0.15) is 11.3 Å². The topological polar surface area (TPSA) is 77.5 Å². The molecule has 0 atom stereocenters. The highest BCUT2D eigenvalue weighted by Gasteiger charge is 2.15. The number of nitro groups is 1. The molecule has 0 N–H and O–H groups in total. The number of hydrogen-bond acceptors (Lipinski definition) is 4. The normalized spacial score (nSPS) is 10.6. The van der Waals surface area contributed by atoms with Gasteiger partial charge >= 0.3 is 5.82 Å². The molecule has 2 aromatic heterocycles. The van der Waals surface area contributed by atoms with Gasteiger partial charge in [0.15, 0.2) is 0 Å². The lowest BCUT2D eigenvalue weighted by Gasteiger charge is -1.98. The van der Waals surface area contributed by atoms with Gasteiger partial charge in [-0.15, -0.1) is 0 Å². The van der Waals surface area contributed by atoms with E-state index in [0.29, 0.717) is 11.9 Å². The van der Waals surface area contributed by atoms with Crippen LogP contribution in [0.1, 0.15) is 12.5 Å². The van der Waals surface area contributed by atoms with Crippen LogP contribution < -0.4 is 0 Å². The van der Waals surface area contributed by atoms with Crippen LogP contribution in [0.5, 0.6) is 0 Å². The fourth-order valence-corrected chi connectivity index (χ4v) is 1.56. The minimum Gasteiger partial charge on any atom is -0.358 e. The lowest BCUT2D eigenvalue weighted by Crippen LogP contribution is -1.98. The van der Waals surface area contributed by atoms with Crippen LogP contribution in [-0.4, -0.2) is 20.1 Å². The molecule has 0 bridgehead atoms. The maximum atomic E-state index is 10.9. The number of nitrogens with zero attached hydrogens (tertiary/aromatic N) is 3. The Labute approximate surface area is 90.7 Å². The zero-order valence-electron chi connectivity index (χ0n) is 8.58. The van der Waals surface area contributed by atoms with Gasteiger partial charge < -0.3 is 10.1 Å². The van der Waals surface area contributed by atoms with Crippen molar-refractivity contribution in [2.45, 2.75) is 13.3 Å². The Bertz CT molecular complexity index is 574. The summed E-state index contributed by atoms with van der Waals surface area (Å²) < 4.78 is 1.55. The Hall–Kier alpha value is -2.24. The molecule has 0 aliphatic heterocycles. The standard InChI is InChI=1S/C10H9N3O3/c1-7(14)4-8-2-3-9-10(13(15)16)11-6-12(9)5-8/h2-3,5-6H,4H2,1H3. The van der Waals surface area contributed by atoms with E-state index >= 15 is 0 Å². The minimum atomic E-state index is -0.528. The Morgan fingerprint density at radius 2 is 2.31 bits per heavy atom. The number of ketones is 1. The van der Waals surface area contributed by atoms with Crippen LogP contribution in [0.25, 0.3) is 5.52 Å². The van der Waals surface area contributed by atoms with Crippen LogP contribution in [0.3, 0.4) is 0 Å². The van der Waals surface area contributed by atoms with Crippen molar-refractivity contribution in [2.24, 2.45) is 0 Å². The van der Waals surface area contributed by atoms with Crippen LogP contribution in [0.2, 0.25) is 0 Å². The molecular formula is C10H9N3O3. The fourth-order valence-electron chi connectivity index (χ4n) is 1.56. The number of fused-ring (bicyclic) bond motifs is 1. The molecule has 0 amide bonds. The van der Waals surface area contributed by atoms with E-state index in [4.69, 9.17) is 0 Å². The SMILES string of the molecule is CC(=O)Cc1ccc2c([N+](=O)[O-])ncn2c1. The van der Waals surface area contributed by atoms with Crippen molar-refractivity contribution in [1.82, 2.24) is 9.38 Å². The number of imidazole rings is 1. The van der Waals surface area contributed by atoms with Crippen LogP contribution in [-0.2, 0) is 11.2 Å². The van der Waals surface area contributed by atoms with Crippen molar-refractivity contribution in [3.05, 3.63) is 40.3 Å². The largest absolute Gasteiger partial charge is 0.389 e. The molecule has 0 aromatic carbocycles. The van der Waals surface area contributed by atoms with Gasteiger partial charge in [0.25, 0.3) is 0 Å². The number of Topliss-reactive ketones (excluding diaryl/α,β-unsaturated/α-hetero) is 1. The molecule has 0 aliphatic rings. The summed E-state index contributed by atoms with van der Waals surface area (Å²) in [4.78, 5) is 24.7. The predicted octanol–water partition coefficient (Wildman–Crippen LogP) is 1.37. The molecular weight excluding hydrogens is 210 g/mol. The van der Waals surface area contributed by atoms with E-state index in [2.05, 4.69) is 4.98 Å². The highest BCUT2D eigenvalue weighted by Crippen LogP contribution is 2.18. The van der Waals surface area contributed by atoms with Crippen molar-refractivity contribution in [1.29, 1.82) is 0 Å². The first-order valence-corrected chi connectivity index (χ1v) is 4.67. The fraction of sp³-hybridized carbons (Fsp3) is 0.200. The van der Waals surface area contributed by atoms with Gasteiger partial charge in [0.2, 0.25) is 6.33 Å². The van der Waals surface area contributed by atoms with Crippen LogP contribution in [0, 0.1) is 10.1 Å². The number of pyridine rings is 1. The summed E-state index contributed by atoms with van der Waals surface area (Å²) in [5, 5.41) is 10.6. The van der Waals surface area contributed by atoms with E-state index < -0.39 is 4.92 Å². The zero-order chi connectivity index (χ0) is 11.7. The van der Waals surface area contributed by atoms with Gasteiger partial charge in [-0.2, -0.15) is 0 Å². The molecule has 82 valence electrons. The summed E-state index contributed by atoms with van der Waals surface area (Å²) in [7, 11) is 0. The maximum absolute atomic E-state index is 10.9. The zero-order valence-corrected chi connectivity index (χ0v) is 8.58. The van der Waals surface area contributed by atoms with Gasteiger partial charge in [-0.1, -0.05) is 6.07 Å². The first-order valence-electron chi connectivity index (χ1n) is 4.67. The van der Waals surface area contributed by atoms with Gasteiger partial charge in [0.05, 0.1) is 0 Å². The second kappa shape index (κ2) is 3.73. The van der Waals surface area contributed by atoms with Gasteiger partial charge in [-0.3, -0.25) is 9.20 Å². The van der Waals surface area contributed by atoms with E-state index in [0.717, 1.165) is 5.56 Å². The second-order valence-electron chi connectivity index (χ2n) is 3.53. The molecule has 2 heterocycles. The third-order valence-electron chi connectivity index (χ3n) is 2.20. The molecule has 16 heavy (non-hydrogen) atoms. The molecule has 0 aliphatic carbocycles. The molecule has 0 unspecified atom stereocenters. The summed E-state index contributed by atoms with van der Waals surface area (Å²) in [6.45, 7) is 1.50. The van der Waals surface area contributed by atoms with E-state index in [1.807, 2.05) is 0 Å². The number of rotatable bonds is 3. The van der Waals surface area contributed by atoms with Crippen LogP contribution >= 0.6 is 0 Å². The Morgan fingerprint density at radius 1 is 1.56 bits per heavy atom. The van der Waals surface area contributed by atoms with E-state index in [-0.39, 0.29) is 11.6 Å². The van der Waals surface area contributed by atoms with E-state index in [1.165, 1.54) is 13.3 Å². The van der Waals surface area contributed by atoms with Gasteiger partial charge in [0, 0.05) is 12.6 Å². The predicted molar refractivity (Wildman–Crippen MR) is 56.2 cm³/mol. The summed E-state index contributed by atoms with van der Waals surface area (Å²) in [5.74, 6) is -0.122. The average molecular weight is 219 g/mol. The molecule has 6 nitrogen and oxygen atoms in total. The number of hydrogen-bond donors (Lipinski definition) is 0. The summed E-state index contributed by atoms with van der Waals surface area (Å²) >= 11 is 0. The highest BCUT2D eigenvalue weighted by atomic mass is 16.6. The van der Waals surface area contributed by atoms with Crippen molar-refractivity contribution >= 4 is 17.1 Å². The quantitative estimate of drug-likeness (QED) is 0.577. The van der Waals surface area contributed by atoms with Crippen LogP contribution in [0.15, 0.2) is 24.7 Å². The molecule has 0 saturated carbocycles. The molecule has 2 rings (SSSR count). The maximum Gasteiger partial charge on any atom is 0.389 e. The van der Waals surface area contributed by atoms with E-state index in [1.54, 1.807) is 22.7 Å². The van der Waals surface area contributed by atoms with Crippen molar-refractivity contribution in [3.63, 3.8) is 0 Å². The van der Waals surface area contributed by atoms with Gasteiger partial charge in [-0.05, 0) is 28.5 Å². The molecule has 6 heteroatoms. The first-order chi connectivity index (χ1) is 7.58. The summed E-state index contributed by atoms with van der Waals surface area (Å²) in [5.41, 5.74) is 1.24. The summed E-state index contributed by atoms with van der Waals surface area (Å²) in [6, 6.07) is 3.30. The van der Waals surface area contributed by atoms with Crippen molar-refractivity contribution in [2.75, 3.05) is 0 Å². The van der Waals surface area contributed by atoms with Gasteiger partial charge in [-0.25, -0.2) is 0 Å². The first kappa shape index (κ1) is 10.3. The monoisotopic (exact) mass is 219 g/mol. The lowest BCUT2D eigenvalue weighted by molar-refractivity contribution is -0.387. The molecule has 0 radical (unpaired) electrons. The second-order valence-corrected chi connectivity index (χ2v) is 3.53. The lowest BCUT2D eigenvalue weighted by atomic mass is 10.1. The molecule has 2 aromatic rings. The smallest absolute Gasteiger partial charge is 0.358 e. The number of aromatic nitrogens is 2. The number of carbonyl (C=O) groups excluding carboxylic acids is 1. The van der Waals surface area contributed by atoms with Crippen molar-refractivity contribution in [3.8, 4) is 0 Å². The third kappa shape index (κ3) is 1.77. The molecule has 0 saturated heterocycles. The Balaban J connectivity index is 2.49. The average Bonchev–Trinajstić information content (AvgIpc) is 2.59. The highest BCUT2D eigenvalue weighted by molar-refractivity contribution is 5.78. The van der Waals surface area contributed by atoms with Crippen molar-refractivity contribution < 1.29 is 9.72 Å².